The zero-order chi connectivity index (χ0) is 14.8. The van der Waals surface area contributed by atoms with E-state index in [1.807, 2.05) is 31.2 Å². The maximum Gasteiger partial charge on any atom is 0.287 e. The van der Waals surface area contributed by atoms with E-state index in [9.17, 15) is 9.18 Å². The summed E-state index contributed by atoms with van der Waals surface area (Å²) in [7, 11) is 0. The standard InChI is InChI=1S/C17H14FNO2/c1-11(12-6-8-14(18)9-7-12)19-17(20)16-10-13-4-2-3-5-15(13)21-16/h2-11H,1H3,(H,19,20)/t11-/m1/s1. The first-order valence-electron chi connectivity index (χ1n) is 6.68. The Bertz CT molecular complexity index is 744. The molecule has 0 unspecified atom stereocenters. The van der Waals surface area contributed by atoms with Crippen LogP contribution in [-0.2, 0) is 0 Å². The molecule has 0 aliphatic rings. The van der Waals surface area contributed by atoms with E-state index in [1.54, 1.807) is 18.2 Å². The normalized spacial score (nSPS) is 12.3. The smallest absolute Gasteiger partial charge is 0.287 e. The summed E-state index contributed by atoms with van der Waals surface area (Å²) in [6.45, 7) is 1.84. The van der Waals surface area contributed by atoms with Crippen molar-refractivity contribution in [1.29, 1.82) is 0 Å². The van der Waals surface area contributed by atoms with Crippen molar-refractivity contribution in [3.8, 4) is 0 Å². The molecule has 3 nitrogen and oxygen atoms in total. The molecule has 4 heteroatoms. The number of furan rings is 1. The molecule has 0 aliphatic heterocycles. The number of benzene rings is 2. The first kappa shape index (κ1) is 13.4. The first-order chi connectivity index (χ1) is 10.1. The maximum atomic E-state index is 12.9. The van der Waals surface area contributed by atoms with E-state index in [0.29, 0.717) is 5.58 Å². The minimum absolute atomic E-state index is 0.230. The van der Waals surface area contributed by atoms with Gasteiger partial charge in [-0.15, -0.1) is 0 Å². The molecule has 21 heavy (non-hydrogen) atoms. The van der Waals surface area contributed by atoms with E-state index < -0.39 is 0 Å². The Kier molecular flexibility index (Phi) is 3.44. The van der Waals surface area contributed by atoms with Gasteiger partial charge in [0, 0.05) is 5.39 Å². The van der Waals surface area contributed by atoms with E-state index in [-0.39, 0.29) is 23.5 Å². The second-order valence-electron chi connectivity index (χ2n) is 4.90. The van der Waals surface area contributed by atoms with Crippen LogP contribution in [0.4, 0.5) is 4.39 Å². The summed E-state index contributed by atoms with van der Waals surface area (Å²) in [5, 5.41) is 3.72. The maximum absolute atomic E-state index is 12.9. The second kappa shape index (κ2) is 5.40. The molecule has 1 N–H and O–H groups in total. The number of carbonyl (C=O) groups is 1. The largest absolute Gasteiger partial charge is 0.451 e. The molecule has 1 amide bonds. The summed E-state index contributed by atoms with van der Waals surface area (Å²) in [6.07, 6.45) is 0. The zero-order valence-electron chi connectivity index (χ0n) is 11.5. The molecule has 0 spiro atoms. The van der Waals surface area contributed by atoms with E-state index in [2.05, 4.69) is 5.32 Å². The van der Waals surface area contributed by atoms with Gasteiger partial charge in [0.15, 0.2) is 5.76 Å². The highest BCUT2D eigenvalue weighted by molar-refractivity contribution is 5.96. The number of para-hydroxylation sites is 1. The quantitative estimate of drug-likeness (QED) is 0.787. The fourth-order valence-electron chi connectivity index (χ4n) is 2.20. The number of hydrogen-bond acceptors (Lipinski definition) is 2. The summed E-state index contributed by atoms with van der Waals surface area (Å²) < 4.78 is 18.4. The third-order valence-electron chi connectivity index (χ3n) is 3.37. The lowest BCUT2D eigenvalue weighted by Gasteiger charge is -2.13. The minimum atomic E-state index is -0.297. The lowest BCUT2D eigenvalue weighted by molar-refractivity contribution is 0.0914. The van der Waals surface area contributed by atoms with Crippen molar-refractivity contribution in [2.24, 2.45) is 0 Å². The van der Waals surface area contributed by atoms with Crippen molar-refractivity contribution in [3.05, 3.63) is 71.7 Å². The number of carbonyl (C=O) groups excluding carboxylic acids is 1. The molecule has 1 atom stereocenters. The van der Waals surface area contributed by atoms with E-state index >= 15 is 0 Å². The highest BCUT2D eigenvalue weighted by Crippen LogP contribution is 2.20. The fourth-order valence-corrected chi connectivity index (χ4v) is 2.20. The Morgan fingerprint density at radius 2 is 1.86 bits per heavy atom. The van der Waals surface area contributed by atoms with E-state index in [4.69, 9.17) is 4.42 Å². The number of amides is 1. The summed E-state index contributed by atoms with van der Waals surface area (Å²) in [6, 6.07) is 15.0. The van der Waals surface area contributed by atoms with Gasteiger partial charge in [-0.2, -0.15) is 0 Å². The lowest BCUT2D eigenvalue weighted by Crippen LogP contribution is -2.26. The molecule has 0 bridgehead atoms. The van der Waals surface area contributed by atoms with Crippen LogP contribution in [-0.4, -0.2) is 5.91 Å². The zero-order valence-corrected chi connectivity index (χ0v) is 11.5. The van der Waals surface area contributed by atoms with Crippen molar-refractivity contribution >= 4 is 16.9 Å². The van der Waals surface area contributed by atoms with Gasteiger partial charge in [-0.1, -0.05) is 30.3 Å². The molecular weight excluding hydrogens is 269 g/mol. The fraction of sp³-hybridized carbons (Fsp3) is 0.118. The Morgan fingerprint density at radius 1 is 1.14 bits per heavy atom. The van der Waals surface area contributed by atoms with Gasteiger partial charge in [-0.05, 0) is 36.8 Å². The molecule has 0 aliphatic carbocycles. The van der Waals surface area contributed by atoms with Gasteiger partial charge >= 0.3 is 0 Å². The van der Waals surface area contributed by atoms with Crippen molar-refractivity contribution in [2.45, 2.75) is 13.0 Å². The molecule has 3 rings (SSSR count). The monoisotopic (exact) mass is 283 g/mol. The Hall–Kier alpha value is -2.62. The van der Waals surface area contributed by atoms with Crippen LogP contribution in [0.25, 0.3) is 11.0 Å². The van der Waals surface area contributed by atoms with Gasteiger partial charge in [0.2, 0.25) is 0 Å². The second-order valence-corrected chi connectivity index (χ2v) is 4.90. The number of rotatable bonds is 3. The number of fused-ring (bicyclic) bond motifs is 1. The SMILES string of the molecule is C[C@@H](NC(=O)c1cc2ccccc2o1)c1ccc(F)cc1. The van der Waals surface area contributed by atoms with Gasteiger partial charge in [0.05, 0.1) is 6.04 Å². The van der Waals surface area contributed by atoms with Crippen molar-refractivity contribution in [3.63, 3.8) is 0 Å². The van der Waals surface area contributed by atoms with Crippen LogP contribution in [0.15, 0.2) is 59.0 Å². The average molecular weight is 283 g/mol. The molecule has 0 saturated heterocycles. The third-order valence-corrected chi connectivity index (χ3v) is 3.37. The lowest BCUT2D eigenvalue weighted by atomic mass is 10.1. The molecule has 1 aromatic heterocycles. The molecule has 1 heterocycles. The number of nitrogens with one attached hydrogen (secondary N) is 1. The minimum Gasteiger partial charge on any atom is -0.451 e. The number of hydrogen-bond donors (Lipinski definition) is 1. The van der Waals surface area contributed by atoms with Crippen LogP contribution in [0.5, 0.6) is 0 Å². The van der Waals surface area contributed by atoms with Crippen LogP contribution in [0, 0.1) is 5.82 Å². The van der Waals surface area contributed by atoms with Crippen molar-refractivity contribution in [2.75, 3.05) is 0 Å². The van der Waals surface area contributed by atoms with Crippen LogP contribution in [0.3, 0.4) is 0 Å². The predicted molar refractivity (Wildman–Crippen MR) is 78.5 cm³/mol. The Balaban J connectivity index is 1.77. The average Bonchev–Trinajstić information content (AvgIpc) is 2.92. The summed E-state index contributed by atoms with van der Waals surface area (Å²) in [4.78, 5) is 12.2. The number of halogens is 1. The van der Waals surface area contributed by atoms with Crippen molar-refractivity contribution in [1.82, 2.24) is 5.32 Å². The van der Waals surface area contributed by atoms with Crippen molar-refractivity contribution < 1.29 is 13.6 Å². The molecule has 2 aromatic carbocycles. The summed E-state index contributed by atoms with van der Waals surface area (Å²) in [5.74, 6) is -0.317. The first-order valence-corrected chi connectivity index (χ1v) is 6.68. The molecule has 0 fully saturated rings. The van der Waals surface area contributed by atoms with Gasteiger partial charge in [-0.25, -0.2) is 4.39 Å². The predicted octanol–water partition coefficient (Wildman–Crippen LogP) is 4.06. The topological polar surface area (TPSA) is 42.2 Å². The van der Waals surface area contributed by atoms with Gasteiger partial charge < -0.3 is 9.73 Å². The molecule has 106 valence electrons. The molecule has 0 radical (unpaired) electrons. The van der Waals surface area contributed by atoms with Crippen LogP contribution >= 0.6 is 0 Å². The van der Waals surface area contributed by atoms with Crippen LogP contribution < -0.4 is 5.32 Å². The van der Waals surface area contributed by atoms with E-state index in [1.165, 1.54) is 12.1 Å². The van der Waals surface area contributed by atoms with Gasteiger partial charge in [0.25, 0.3) is 5.91 Å². The van der Waals surface area contributed by atoms with Crippen LogP contribution in [0.2, 0.25) is 0 Å². The summed E-state index contributed by atoms with van der Waals surface area (Å²) in [5.41, 5.74) is 1.51. The highest BCUT2D eigenvalue weighted by Gasteiger charge is 2.15. The van der Waals surface area contributed by atoms with Crippen LogP contribution in [0.1, 0.15) is 29.1 Å². The Labute approximate surface area is 121 Å². The molecule has 0 saturated carbocycles. The van der Waals surface area contributed by atoms with Gasteiger partial charge in [-0.3, -0.25) is 4.79 Å². The highest BCUT2D eigenvalue weighted by atomic mass is 19.1. The third kappa shape index (κ3) is 2.79. The molecule has 3 aromatic rings. The van der Waals surface area contributed by atoms with E-state index in [0.717, 1.165) is 10.9 Å². The molecular formula is C17H14FNO2. The summed E-state index contributed by atoms with van der Waals surface area (Å²) >= 11 is 0. The Morgan fingerprint density at radius 3 is 2.57 bits per heavy atom. The van der Waals surface area contributed by atoms with Gasteiger partial charge in [0.1, 0.15) is 11.4 Å².